The second-order valence-corrected chi connectivity index (χ2v) is 10.7. The highest BCUT2D eigenvalue weighted by molar-refractivity contribution is 9.11. The van der Waals surface area contributed by atoms with Gasteiger partial charge in [0.25, 0.3) is 0 Å². The maximum Gasteiger partial charge on any atom is 0.442 e. The van der Waals surface area contributed by atoms with E-state index >= 15 is 0 Å². The molecule has 0 aliphatic heterocycles. The van der Waals surface area contributed by atoms with Gasteiger partial charge in [-0.1, -0.05) is 44.0 Å². The van der Waals surface area contributed by atoms with E-state index in [-0.39, 0.29) is 22.3 Å². The average Bonchev–Trinajstić information content (AvgIpc) is 3.10. The Morgan fingerprint density at radius 2 is 1.73 bits per heavy atom. The first-order valence-corrected chi connectivity index (χ1v) is 11.9. The van der Waals surface area contributed by atoms with Crippen molar-refractivity contribution in [2.75, 3.05) is 0 Å². The quantitative estimate of drug-likeness (QED) is 0.338. The molecule has 0 aliphatic rings. The molecule has 33 heavy (non-hydrogen) atoms. The van der Waals surface area contributed by atoms with Gasteiger partial charge in [0, 0.05) is 11.5 Å². The summed E-state index contributed by atoms with van der Waals surface area (Å²) in [5.74, 6) is 0.270. The zero-order valence-electron chi connectivity index (χ0n) is 18.4. The fraction of sp³-hybridized carbons (Fsp3) is 0.318. The van der Waals surface area contributed by atoms with Gasteiger partial charge in [-0.05, 0) is 63.9 Å². The molecule has 0 unspecified atom stereocenters. The number of nitrogens with zero attached hydrogens (tertiary/aromatic N) is 3. The molecule has 0 amide bonds. The maximum absolute atomic E-state index is 12.1. The topological polar surface area (TPSA) is 101 Å². The molecule has 0 aliphatic carbocycles. The largest absolute Gasteiger partial charge is 0.506 e. The van der Waals surface area contributed by atoms with Gasteiger partial charge >= 0.3 is 5.76 Å². The lowest BCUT2D eigenvalue weighted by Crippen LogP contribution is -2.15. The van der Waals surface area contributed by atoms with E-state index in [0.29, 0.717) is 36.9 Å². The Morgan fingerprint density at radius 1 is 1.15 bits per heavy atom. The molecule has 3 rings (SSSR count). The van der Waals surface area contributed by atoms with Crippen LogP contribution in [0.3, 0.4) is 0 Å². The van der Waals surface area contributed by atoms with Crippen molar-refractivity contribution in [3.63, 3.8) is 0 Å². The van der Waals surface area contributed by atoms with E-state index < -0.39 is 5.76 Å². The number of rotatable bonds is 3. The zero-order valence-corrected chi connectivity index (χ0v) is 23.1. The molecule has 0 bridgehead atoms. The van der Waals surface area contributed by atoms with E-state index in [1.807, 2.05) is 40.7 Å². The van der Waals surface area contributed by atoms with Gasteiger partial charge in [0.1, 0.15) is 11.5 Å². The average molecular weight is 622 g/mol. The summed E-state index contributed by atoms with van der Waals surface area (Å²) in [7, 11) is 0. The zero-order chi connectivity index (χ0) is 25.1. The van der Waals surface area contributed by atoms with Crippen molar-refractivity contribution >= 4 is 55.1 Å². The summed E-state index contributed by atoms with van der Waals surface area (Å²) in [6, 6.07) is 8.18. The first kappa shape index (κ1) is 27.3. The van der Waals surface area contributed by atoms with Gasteiger partial charge in [0.15, 0.2) is 0 Å². The number of halogens is 4. The molecule has 7 nitrogen and oxygen atoms in total. The Hall–Kier alpha value is -1.99. The van der Waals surface area contributed by atoms with Crippen LogP contribution < -0.4 is 10.5 Å². The third-order valence-corrected chi connectivity index (χ3v) is 5.73. The predicted octanol–water partition coefficient (Wildman–Crippen LogP) is 7.01. The van der Waals surface area contributed by atoms with Crippen LogP contribution in [0.1, 0.15) is 46.1 Å². The number of nitriles is 1. The van der Waals surface area contributed by atoms with Crippen LogP contribution in [0.15, 0.2) is 42.4 Å². The van der Waals surface area contributed by atoms with E-state index in [1.54, 1.807) is 18.2 Å². The van der Waals surface area contributed by atoms with E-state index in [1.165, 1.54) is 6.07 Å². The molecule has 0 atom stereocenters. The summed E-state index contributed by atoms with van der Waals surface area (Å²) in [5, 5.41) is 22.6. The second kappa shape index (κ2) is 11.0. The second-order valence-electron chi connectivity index (χ2n) is 8.14. The Kier molecular flexibility index (Phi) is 9.05. The van der Waals surface area contributed by atoms with Crippen molar-refractivity contribution in [2.45, 2.75) is 46.1 Å². The van der Waals surface area contributed by atoms with Crippen molar-refractivity contribution in [3.8, 4) is 23.3 Å². The molecule has 0 spiro atoms. The molecule has 1 heterocycles. The van der Waals surface area contributed by atoms with Crippen LogP contribution in [0, 0.1) is 11.3 Å². The van der Waals surface area contributed by atoms with E-state index in [9.17, 15) is 9.90 Å². The number of aromatic hydroxyl groups is 1. The molecule has 2 aromatic carbocycles. The molecule has 0 radical (unpaired) electrons. The number of aromatic nitrogens is 2. The predicted molar refractivity (Wildman–Crippen MR) is 135 cm³/mol. The molecular weight excluding hydrogens is 601 g/mol. The first-order chi connectivity index (χ1) is 15.2. The van der Waals surface area contributed by atoms with Crippen molar-refractivity contribution in [1.82, 2.24) is 9.78 Å². The van der Waals surface area contributed by atoms with E-state index in [4.69, 9.17) is 37.6 Å². The number of ether oxygens (including phenoxy) is 1. The lowest BCUT2D eigenvalue weighted by molar-refractivity contribution is 0.242. The van der Waals surface area contributed by atoms with Crippen molar-refractivity contribution in [3.05, 3.63) is 65.3 Å². The summed E-state index contributed by atoms with van der Waals surface area (Å²) in [6.07, 6.45) is -0.0642. The number of phenols is 1. The van der Waals surface area contributed by atoms with Gasteiger partial charge in [-0.2, -0.15) is 9.94 Å². The molecule has 176 valence electrons. The van der Waals surface area contributed by atoms with Crippen LogP contribution >= 0.6 is 55.1 Å². The Morgan fingerprint density at radius 3 is 2.18 bits per heavy atom. The third kappa shape index (κ3) is 7.00. The Bertz CT molecular complexity index is 1230. The van der Waals surface area contributed by atoms with Crippen LogP contribution in [-0.4, -0.2) is 21.0 Å². The fourth-order valence-electron chi connectivity index (χ4n) is 2.39. The van der Waals surface area contributed by atoms with Gasteiger partial charge in [0.05, 0.1) is 42.4 Å². The molecule has 1 aromatic heterocycles. The minimum atomic E-state index is -0.607. The molecule has 0 saturated carbocycles. The van der Waals surface area contributed by atoms with Gasteiger partial charge in [0.2, 0.25) is 5.89 Å². The molecule has 0 saturated heterocycles. The van der Waals surface area contributed by atoms with Gasteiger partial charge in [-0.15, -0.1) is 5.10 Å². The highest BCUT2D eigenvalue weighted by Gasteiger charge is 2.24. The standard InChI is InChI=1S/C15H18Cl2N2O3.C7H3Br2NO/c1-8(2)21-12-7-11(9(16)6-10(12)17)19-14(20)22-13(18-19)15(3,4)5;8-5-1-4(3-10)2-6(9)7(5)11/h6-8H,1-5H3;1-2,11H. The smallest absolute Gasteiger partial charge is 0.442 e. The fourth-order valence-corrected chi connectivity index (χ4v) is 4.08. The van der Waals surface area contributed by atoms with Crippen molar-refractivity contribution in [2.24, 2.45) is 0 Å². The van der Waals surface area contributed by atoms with Crippen molar-refractivity contribution < 1.29 is 14.3 Å². The van der Waals surface area contributed by atoms with Crippen LogP contribution in [0.2, 0.25) is 10.0 Å². The normalized spacial score (nSPS) is 11.1. The van der Waals surface area contributed by atoms with E-state index in [0.717, 1.165) is 4.68 Å². The summed E-state index contributed by atoms with van der Waals surface area (Å²) in [4.78, 5) is 12.1. The monoisotopic (exact) mass is 619 g/mol. The number of hydrogen-bond acceptors (Lipinski definition) is 6. The van der Waals surface area contributed by atoms with Gasteiger partial charge < -0.3 is 14.3 Å². The van der Waals surface area contributed by atoms with Gasteiger partial charge in [-0.25, -0.2) is 4.79 Å². The third-order valence-electron chi connectivity index (χ3n) is 3.93. The number of hydrogen-bond donors (Lipinski definition) is 1. The summed E-state index contributed by atoms with van der Waals surface area (Å²) >= 11 is 18.5. The van der Waals surface area contributed by atoms with E-state index in [2.05, 4.69) is 37.0 Å². The summed E-state index contributed by atoms with van der Waals surface area (Å²) in [5.41, 5.74) is 0.480. The highest BCUT2D eigenvalue weighted by atomic mass is 79.9. The van der Waals surface area contributed by atoms with Crippen LogP contribution in [0.5, 0.6) is 11.5 Å². The Labute approximate surface area is 218 Å². The highest BCUT2D eigenvalue weighted by Crippen LogP contribution is 2.34. The summed E-state index contributed by atoms with van der Waals surface area (Å²) < 4.78 is 13.0. The maximum atomic E-state index is 12.1. The SMILES string of the molecule is CC(C)Oc1cc(-n2nc(C(C)(C)C)oc2=O)c(Cl)cc1Cl.N#Cc1cc(Br)c(O)c(Br)c1. The first-order valence-electron chi connectivity index (χ1n) is 9.59. The molecule has 3 aromatic rings. The lowest BCUT2D eigenvalue weighted by atomic mass is 9.97. The number of phenolic OH excluding ortho intramolecular Hbond substituents is 1. The van der Waals surface area contributed by atoms with Gasteiger partial charge in [-0.3, -0.25) is 0 Å². The lowest BCUT2D eigenvalue weighted by Gasteiger charge is -2.13. The molecule has 1 N–H and O–H groups in total. The van der Waals surface area contributed by atoms with Crippen LogP contribution in [-0.2, 0) is 5.41 Å². The van der Waals surface area contributed by atoms with Crippen LogP contribution in [0.4, 0.5) is 0 Å². The number of benzene rings is 2. The summed E-state index contributed by atoms with van der Waals surface area (Å²) in [6.45, 7) is 9.47. The minimum Gasteiger partial charge on any atom is -0.506 e. The Balaban J connectivity index is 0.000000294. The molecular formula is C22H21Br2Cl2N3O4. The van der Waals surface area contributed by atoms with Crippen molar-refractivity contribution in [1.29, 1.82) is 5.26 Å². The van der Waals surface area contributed by atoms with Crippen LogP contribution in [0.25, 0.3) is 5.69 Å². The molecule has 0 fully saturated rings. The minimum absolute atomic E-state index is 0.0642. The molecule has 11 heteroatoms.